The average molecular weight is 581 g/mol. The summed E-state index contributed by atoms with van der Waals surface area (Å²) in [4.78, 5) is 17.3. The maximum Gasteiger partial charge on any atom is 0.265 e. The number of imidazole rings is 1. The number of nitrogens with zero attached hydrogens (tertiary/aromatic N) is 3. The van der Waals surface area contributed by atoms with Gasteiger partial charge in [0.1, 0.15) is 23.9 Å². The van der Waals surface area contributed by atoms with Crippen LogP contribution in [0, 0.1) is 6.92 Å². The largest absolute Gasteiger partial charge is 0.497 e. The second-order valence-corrected chi connectivity index (χ2v) is 10.7. The van der Waals surface area contributed by atoms with Crippen molar-refractivity contribution >= 4 is 21.6 Å². The number of hydrogen-bond acceptors (Lipinski definition) is 8. The average Bonchev–Trinajstić information content (AvgIpc) is 3.43. The highest BCUT2D eigenvalue weighted by Crippen LogP contribution is 2.37. The van der Waals surface area contributed by atoms with Crippen LogP contribution in [0.4, 0.5) is 5.69 Å². The molecule has 1 heterocycles. The lowest BCUT2D eigenvalue weighted by atomic mass is 10.2. The third-order valence-electron chi connectivity index (χ3n) is 6.41. The molecule has 0 aliphatic carbocycles. The molecule has 0 aliphatic heterocycles. The van der Waals surface area contributed by atoms with E-state index in [9.17, 15) is 13.2 Å². The van der Waals surface area contributed by atoms with Crippen molar-refractivity contribution in [1.82, 2.24) is 14.9 Å². The number of carbonyl (C=O) groups excluding carboxylic acids is 1. The van der Waals surface area contributed by atoms with Crippen molar-refractivity contribution in [2.75, 3.05) is 39.3 Å². The molecular weight excluding hydrogens is 548 g/mol. The Balaban J connectivity index is 1.62. The molecule has 4 aromatic rings. The van der Waals surface area contributed by atoms with E-state index < -0.39 is 22.5 Å². The first-order chi connectivity index (χ1) is 19.7. The highest BCUT2D eigenvalue weighted by molar-refractivity contribution is 7.92. The molecule has 1 N–H and O–H groups in total. The summed E-state index contributed by atoms with van der Waals surface area (Å²) in [6.45, 7) is 1.58. The molecule has 0 bridgehead atoms. The quantitative estimate of drug-likeness (QED) is 0.269. The SMILES string of the molecule is COc1ccc(OC)c(N(CC(=O)NCc2ccc(-n3ccnc3C)cc2)S(=O)(=O)c2ccc(OC)c(OC)c2)c1. The van der Waals surface area contributed by atoms with Gasteiger partial charge >= 0.3 is 0 Å². The number of ether oxygens (including phenoxy) is 4. The molecule has 11 nitrogen and oxygen atoms in total. The maximum atomic E-state index is 14.0. The molecule has 0 saturated heterocycles. The van der Waals surface area contributed by atoms with Gasteiger partial charge in [-0.1, -0.05) is 12.1 Å². The number of anilines is 1. The van der Waals surface area contributed by atoms with Crippen LogP contribution in [-0.4, -0.2) is 58.9 Å². The highest BCUT2D eigenvalue weighted by atomic mass is 32.2. The summed E-state index contributed by atoms with van der Waals surface area (Å²) in [5.74, 6) is 1.56. The summed E-state index contributed by atoms with van der Waals surface area (Å²) in [7, 11) is 1.46. The zero-order valence-electron chi connectivity index (χ0n) is 23.5. The molecule has 0 radical (unpaired) electrons. The van der Waals surface area contributed by atoms with Crippen molar-refractivity contribution in [3.8, 4) is 28.7 Å². The lowest BCUT2D eigenvalue weighted by Crippen LogP contribution is -2.41. The van der Waals surface area contributed by atoms with Gasteiger partial charge < -0.3 is 28.8 Å². The summed E-state index contributed by atoms with van der Waals surface area (Å²) in [6.07, 6.45) is 3.59. The van der Waals surface area contributed by atoms with Gasteiger partial charge in [0.2, 0.25) is 5.91 Å². The molecule has 0 atom stereocenters. The minimum atomic E-state index is -4.29. The van der Waals surface area contributed by atoms with E-state index in [1.54, 1.807) is 18.3 Å². The van der Waals surface area contributed by atoms with Crippen LogP contribution < -0.4 is 28.6 Å². The Morgan fingerprint density at radius 2 is 1.56 bits per heavy atom. The van der Waals surface area contributed by atoms with Gasteiger partial charge in [0, 0.05) is 36.8 Å². The maximum absolute atomic E-state index is 14.0. The smallest absolute Gasteiger partial charge is 0.265 e. The van der Waals surface area contributed by atoms with Gasteiger partial charge in [-0.3, -0.25) is 9.10 Å². The number of aromatic nitrogens is 2. The van der Waals surface area contributed by atoms with Crippen molar-refractivity contribution in [1.29, 1.82) is 0 Å². The van der Waals surface area contributed by atoms with Crippen LogP contribution in [0.2, 0.25) is 0 Å². The van der Waals surface area contributed by atoms with E-state index in [0.717, 1.165) is 21.4 Å². The fourth-order valence-corrected chi connectivity index (χ4v) is 5.65. The van der Waals surface area contributed by atoms with Gasteiger partial charge in [-0.2, -0.15) is 0 Å². The molecule has 0 fully saturated rings. The number of sulfonamides is 1. The van der Waals surface area contributed by atoms with Crippen molar-refractivity contribution in [2.45, 2.75) is 18.4 Å². The van der Waals surface area contributed by atoms with Gasteiger partial charge in [-0.15, -0.1) is 0 Å². The Morgan fingerprint density at radius 3 is 2.17 bits per heavy atom. The van der Waals surface area contributed by atoms with Gasteiger partial charge in [0.15, 0.2) is 11.5 Å². The summed E-state index contributed by atoms with van der Waals surface area (Å²) in [5.41, 5.74) is 1.91. The van der Waals surface area contributed by atoms with E-state index in [4.69, 9.17) is 18.9 Å². The van der Waals surface area contributed by atoms with E-state index in [1.165, 1.54) is 52.7 Å². The number of hydrogen-bond donors (Lipinski definition) is 1. The Kier molecular flexibility index (Phi) is 9.03. The van der Waals surface area contributed by atoms with Crippen LogP contribution in [0.3, 0.4) is 0 Å². The normalized spacial score (nSPS) is 11.0. The van der Waals surface area contributed by atoms with E-state index in [-0.39, 0.29) is 28.6 Å². The number of rotatable bonds is 12. The topological polar surface area (TPSA) is 121 Å². The number of aryl methyl sites for hydroxylation is 1. The number of nitrogens with one attached hydrogen (secondary N) is 1. The first-order valence-corrected chi connectivity index (χ1v) is 14.0. The lowest BCUT2D eigenvalue weighted by molar-refractivity contribution is -0.119. The second kappa shape index (κ2) is 12.6. The van der Waals surface area contributed by atoms with Crippen LogP contribution in [0.15, 0.2) is 78.0 Å². The fraction of sp³-hybridized carbons (Fsp3) is 0.241. The number of benzene rings is 3. The number of methoxy groups -OCH3 is 4. The molecule has 0 unspecified atom stereocenters. The molecule has 3 aromatic carbocycles. The molecule has 1 amide bonds. The van der Waals surface area contributed by atoms with Crippen LogP contribution in [0.25, 0.3) is 5.69 Å². The summed E-state index contributed by atoms with van der Waals surface area (Å²) >= 11 is 0. The molecular formula is C29H32N4O7S. The minimum Gasteiger partial charge on any atom is -0.497 e. The first-order valence-electron chi connectivity index (χ1n) is 12.5. The third-order valence-corrected chi connectivity index (χ3v) is 8.17. The van der Waals surface area contributed by atoms with Crippen LogP contribution in [-0.2, 0) is 21.4 Å². The Morgan fingerprint density at radius 1 is 0.878 bits per heavy atom. The minimum absolute atomic E-state index is 0.0989. The predicted octanol–water partition coefficient (Wildman–Crippen LogP) is 3.73. The summed E-state index contributed by atoms with van der Waals surface area (Å²) in [6, 6.07) is 16.5. The predicted molar refractivity (Wildman–Crippen MR) is 154 cm³/mol. The fourth-order valence-electron chi connectivity index (χ4n) is 4.21. The van der Waals surface area contributed by atoms with E-state index in [0.29, 0.717) is 11.5 Å². The van der Waals surface area contributed by atoms with Crippen LogP contribution in [0.1, 0.15) is 11.4 Å². The van der Waals surface area contributed by atoms with Gasteiger partial charge in [0.05, 0.1) is 39.0 Å². The third kappa shape index (κ3) is 6.38. The second-order valence-electron chi connectivity index (χ2n) is 8.85. The van der Waals surface area contributed by atoms with Crippen LogP contribution >= 0.6 is 0 Å². The van der Waals surface area contributed by atoms with Gasteiger partial charge in [-0.05, 0) is 48.9 Å². The van der Waals surface area contributed by atoms with E-state index in [2.05, 4.69) is 10.3 Å². The van der Waals surface area contributed by atoms with Crippen molar-refractivity contribution < 1.29 is 32.2 Å². The standard InChI is InChI=1S/C29H32N4O7S/c1-20-30-14-15-32(20)22-8-6-21(7-9-22)18-31-29(34)19-33(25-16-23(37-2)10-12-26(25)38-3)41(35,36)24-11-13-27(39-4)28(17-24)40-5/h6-17H,18-19H2,1-5H3,(H,31,34). The molecule has 216 valence electrons. The number of carbonyl (C=O) groups is 1. The number of amides is 1. The van der Waals surface area contributed by atoms with Crippen molar-refractivity contribution in [2.24, 2.45) is 0 Å². The molecule has 12 heteroatoms. The monoisotopic (exact) mass is 580 g/mol. The van der Waals surface area contributed by atoms with E-state index >= 15 is 0 Å². The zero-order valence-corrected chi connectivity index (χ0v) is 24.3. The molecule has 0 saturated carbocycles. The summed E-state index contributed by atoms with van der Waals surface area (Å²) < 4.78 is 52.3. The van der Waals surface area contributed by atoms with Crippen molar-refractivity contribution in [3.63, 3.8) is 0 Å². The van der Waals surface area contributed by atoms with Gasteiger partial charge in [0.25, 0.3) is 10.0 Å². The Labute approximate surface area is 239 Å². The Bertz CT molecular complexity index is 1620. The zero-order chi connectivity index (χ0) is 29.6. The molecule has 0 aliphatic rings. The van der Waals surface area contributed by atoms with Gasteiger partial charge in [-0.25, -0.2) is 13.4 Å². The molecule has 1 aromatic heterocycles. The Hall–Kier alpha value is -4.71. The lowest BCUT2D eigenvalue weighted by Gasteiger charge is -2.26. The highest BCUT2D eigenvalue weighted by Gasteiger charge is 2.31. The molecule has 0 spiro atoms. The summed E-state index contributed by atoms with van der Waals surface area (Å²) in [5, 5.41) is 2.81. The van der Waals surface area contributed by atoms with Crippen LogP contribution in [0.5, 0.6) is 23.0 Å². The van der Waals surface area contributed by atoms with E-state index in [1.807, 2.05) is 42.0 Å². The molecule has 41 heavy (non-hydrogen) atoms. The molecule has 4 rings (SSSR count). The first kappa shape index (κ1) is 29.3. The van der Waals surface area contributed by atoms with Crippen molar-refractivity contribution in [3.05, 3.63) is 84.4 Å².